The average Bonchev–Trinajstić information content (AvgIpc) is 2.74. The summed E-state index contributed by atoms with van der Waals surface area (Å²) in [6.07, 6.45) is 1.48. The molecule has 0 radical (unpaired) electrons. The fourth-order valence-corrected chi connectivity index (χ4v) is 1.49. The number of amides is 1. The number of hydrogen-bond donors (Lipinski definition) is 1. The summed E-state index contributed by atoms with van der Waals surface area (Å²) in [6, 6.07) is 10.9. The monoisotopic (exact) mass is 313 g/mol. The van der Waals surface area contributed by atoms with Gasteiger partial charge in [-0.3, -0.25) is 4.79 Å². The number of hydrogen-bond acceptors (Lipinski definition) is 2. The molecule has 1 amide bonds. The maximum Gasteiger partial charge on any atom is 0.291 e. The molecule has 0 saturated carbocycles. The van der Waals surface area contributed by atoms with Gasteiger partial charge in [0.15, 0.2) is 5.76 Å². The van der Waals surface area contributed by atoms with Gasteiger partial charge in [-0.05, 0) is 59.0 Å². The Kier molecular flexibility index (Phi) is 3.05. The summed E-state index contributed by atoms with van der Waals surface area (Å²) in [5.74, 6) is 0.0785. The zero-order valence-electron chi connectivity index (χ0n) is 7.74. The molecule has 0 atom stereocenters. The van der Waals surface area contributed by atoms with E-state index in [-0.39, 0.29) is 5.91 Å². The van der Waals surface area contributed by atoms with Crippen LogP contribution < -0.4 is 5.32 Å². The van der Waals surface area contributed by atoms with Gasteiger partial charge in [0.2, 0.25) is 0 Å². The molecule has 0 bridgehead atoms. The lowest BCUT2D eigenvalue weighted by atomic mass is 10.3. The summed E-state index contributed by atoms with van der Waals surface area (Å²) in [7, 11) is 0. The van der Waals surface area contributed by atoms with Gasteiger partial charge in [-0.15, -0.1) is 0 Å². The second-order valence-corrected chi connectivity index (χ2v) is 4.18. The predicted molar refractivity (Wildman–Crippen MR) is 65.8 cm³/mol. The third-order valence-corrected chi connectivity index (χ3v) is 2.57. The van der Waals surface area contributed by atoms with E-state index in [4.69, 9.17) is 4.42 Å². The second kappa shape index (κ2) is 4.48. The Bertz CT molecular complexity index is 448. The molecule has 3 nitrogen and oxygen atoms in total. The summed E-state index contributed by atoms with van der Waals surface area (Å²) < 4.78 is 6.11. The van der Waals surface area contributed by atoms with E-state index in [2.05, 4.69) is 27.9 Å². The van der Waals surface area contributed by atoms with E-state index in [0.717, 1.165) is 9.26 Å². The minimum atomic E-state index is -0.235. The van der Waals surface area contributed by atoms with Crippen LogP contribution in [-0.4, -0.2) is 5.91 Å². The van der Waals surface area contributed by atoms with Gasteiger partial charge in [0.25, 0.3) is 5.91 Å². The predicted octanol–water partition coefficient (Wildman–Crippen LogP) is 3.14. The highest BCUT2D eigenvalue weighted by Gasteiger charge is 2.07. The normalized spacial score (nSPS) is 9.93. The lowest BCUT2D eigenvalue weighted by Crippen LogP contribution is -2.10. The lowest BCUT2D eigenvalue weighted by molar-refractivity contribution is 0.0996. The van der Waals surface area contributed by atoms with Crippen LogP contribution >= 0.6 is 22.6 Å². The van der Waals surface area contributed by atoms with E-state index < -0.39 is 0 Å². The highest BCUT2D eigenvalue weighted by molar-refractivity contribution is 14.1. The molecule has 1 N–H and O–H groups in total. The van der Waals surface area contributed by atoms with Crippen LogP contribution in [0.3, 0.4) is 0 Å². The number of benzene rings is 1. The number of carbonyl (C=O) groups excluding carboxylic acids is 1. The van der Waals surface area contributed by atoms with Gasteiger partial charge in [0.05, 0.1) is 6.26 Å². The highest BCUT2D eigenvalue weighted by atomic mass is 127. The van der Waals surface area contributed by atoms with Gasteiger partial charge in [0, 0.05) is 9.26 Å². The minimum absolute atomic E-state index is 0.235. The van der Waals surface area contributed by atoms with Crippen LogP contribution in [0.25, 0.3) is 0 Å². The number of halogens is 1. The fourth-order valence-electron chi connectivity index (χ4n) is 1.13. The van der Waals surface area contributed by atoms with E-state index in [1.54, 1.807) is 12.1 Å². The largest absolute Gasteiger partial charge is 0.459 e. The molecule has 15 heavy (non-hydrogen) atoms. The third kappa shape index (κ3) is 2.59. The number of furan rings is 1. The molecule has 0 aliphatic heterocycles. The van der Waals surface area contributed by atoms with Crippen molar-refractivity contribution < 1.29 is 9.21 Å². The van der Waals surface area contributed by atoms with Gasteiger partial charge in [-0.25, -0.2) is 0 Å². The summed E-state index contributed by atoms with van der Waals surface area (Å²) >= 11 is 2.21. The first-order chi connectivity index (χ1) is 7.25. The number of anilines is 1. The molecule has 0 unspecified atom stereocenters. The topological polar surface area (TPSA) is 42.2 Å². The van der Waals surface area contributed by atoms with Gasteiger partial charge in [-0.1, -0.05) is 0 Å². The zero-order chi connectivity index (χ0) is 10.7. The Hall–Kier alpha value is -1.30. The first kappa shape index (κ1) is 10.2. The summed E-state index contributed by atoms with van der Waals surface area (Å²) in [4.78, 5) is 11.6. The molecular formula is C11H8INO2. The van der Waals surface area contributed by atoms with Crippen LogP contribution in [0.4, 0.5) is 5.69 Å². The van der Waals surface area contributed by atoms with Crippen LogP contribution in [0.5, 0.6) is 0 Å². The van der Waals surface area contributed by atoms with Crippen molar-refractivity contribution >= 4 is 34.2 Å². The van der Waals surface area contributed by atoms with E-state index in [1.165, 1.54) is 6.26 Å². The number of rotatable bonds is 2. The first-order valence-corrected chi connectivity index (χ1v) is 5.44. The van der Waals surface area contributed by atoms with Gasteiger partial charge in [0.1, 0.15) is 0 Å². The van der Waals surface area contributed by atoms with Crippen molar-refractivity contribution in [3.05, 3.63) is 52.0 Å². The molecule has 4 heteroatoms. The summed E-state index contributed by atoms with van der Waals surface area (Å²) in [5.41, 5.74) is 0.761. The van der Waals surface area contributed by atoms with Gasteiger partial charge in [-0.2, -0.15) is 0 Å². The summed E-state index contributed by atoms with van der Waals surface area (Å²) in [5, 5.41) is 2.74. The van der Waals surface area contributed by atoms with E-state index in [1.807, 2.05) is 24.3 Å². The Morgan fingerprint density at radius 1 is 1.20 bits per heavy atom. The third-order valence-electron chi connectivity index (χ3n) is 1.85. The van der Waals surface area contributed by atoms with Crippen LogP contribution in [0.2, 0.25) is 0 Å². The highest BCUT2D eigenvalue weighted by Crippen LogP contribution is 2.12. The quantitative estimate of drug-likeness (QED) is 0.866. The van der Waals surface area contributed by atoms with Crippen molar-refractivity contribution in [2.75, 3.05) is 5.32 Å². The Morgan fingerprint density at radius 3 is 2.53 bits per heavy atom. The second-order valence-electron chi connectivity index (χ2n) is 2.94. The molecule has 0 saturated heterocycles. The molecule has 1 aromatic carbocycles. The van der Waals surface area contributed by atoms with Crippen LogP contribution in [0.1, 0.15) is 10.6 Å². The molecule has 1 heterocycles. The molecular weight excluding hydrogens is 305 g/mol. The molecule has 2 aromatic rings. The number of nitrogens with one attached hydrogen (secondary N) is 1. The van der Waals surface area contributed by atoms with E-state index in [0.29, 0.717) is 5.76 Å². The number of carbonyl (C=O) groups is 1. The zero-order valence-corrected chi connectivity index (χ0v) is 9.89. The SMILES string of the molecule is O=C(Nc1ccc(I)cc1)c1ccco1. The van der Waals surface area contributed by atoms with Crippen molar-refractivity contribution in [1.82, 2.24) is 0 Å². The molecule has 0 spiro atoms. The van der Waals surface area contributed by atoms with Crippen LogP contribution in [0, 0.1) is 3.57 Å². The first-order valence-electron chi connectivity index (χ1n) is 4.36. The van der Waals surface area contributed by atoms with Crippen LogP contribution in [0.15, 0.2) is 47.1 Å². The Labute approximate surface area is 101 Å². The maximum absolute atomic E-state index is 11.6. The lowest BCUT2D eigenvalue weighted by Gasteiger charge is -2.02. The minimum Gasteiger partial charge on any atom is -0.459 e. The molecule has 2 rings (SSSR count). The average molecular weight is 313 g/mol. The van der Waals surface area contributed by atoms with E-state index >= 15 is 0 Å². The Morgan fingerprint density at radius 2 is 1.93 bits per heavy atom. The smallest absolute Gasteiger partial charge is 0.291 e. The van der Waals surface area contributed by atoms with Gasteiger partial charge < -0.3 is 9.73 Å². The standard InChI is InChI=1S/C11H8INO2/c12-8-3-5-9(6-4-8)13-11(14)10-2-1-7-15-10/h1-7H,(H,13,14). The molecule has 0 aliphatic rings. The van der Waals surface area contributed by atoms with Crippen molar-refractivity contribution in [2.24, 2.45) is 0 Å². The Balaban J connectivity index is 2.09. The van der Waals surface area contributed by atoms with Crippen LogP contribution in [-0.2, 0) is 0 Å². The van der Waals surface area contributed by atoms with Crippen molar-refractivity contribution in [2.45, 2.75) is 0 Å². The fraction of sp³-hybridized carbons (Fsp3) is 0. The molecule has 0 aliphatic carbocycles. The van der Waals surface area contributed by atoms with Crippen molar-refractivity contribution in [3.8, 4) is 0 Å². The molecule has 0 fully saturated rings. The van der Waals surface area contributed by atoms with Gasteiger partial charge >= 0.3 is 0 Å². The van der Waals surface area contributed by atoms with Crippen molar-refractivity contribution in [3.63, 3.8) is 0 Å². The van der Waals surface area contributed by atoms with E-state index in [9.17, 15) is 4.79 Å². The molecule has 76 valence electrons. The maximum atomic E-state index is 11.6. The summed E-state index contributed by atoms with van der Waals surface area (Å²) in [6.45, 7) is 0. The molecule has 1 aromatic heterocycles. The van der Waals surface area contributed by atoms with Crippen molar-refractivity contribution in [1.29, 1.82) is 0 Å².